The van der Waals surface area contributed by atoms with E-state index in [1.54, 1.807) is 24.3 Å². The molecule has 0 spiro atoms. The van der Waals surface area contributed by atoms with Gasteiger partial charge in [0.2, 0.25) is 5.91 Å². The number of halogens is 1. The summed E-state index contributed by atoms with van der Waals surface area (Å²) in [4.78, 5) is 26.6. The Labute approximate surface area is 130 Å². The molecule has 0 unspecified atom stereocenters. The Kier molecular flexibility index (Phi) is 3.94. The predicted molar refractivity (Wildman–Crippen MR) is 82.6 cm³/mol. The molecule has 3 rings (SSSR count). The predicted octanol–water partition coefficient (Wildman–Crippen LogP) is 3.40. The van der Waals surface area contributed by atoms with Crippen molar-refractivity contribution in [3.05, 3.63) is 45.6 Å². The Hall–Kier alpha value is -1.85. The molecule has 1 aromatic carbocycles. The van der Waals surface area contributed by atoms with E-state index in [0.29, 0.717) is 27.3 Å². The summed E-state index contributed by atoms with van der Waals surface area (Å²) in [6.07, 6.45) is 0.257. The highest BCUT2D eigenvalue weighted by Gasteiger charge is 2.25. The number of amides is 1. The molecule has 0 N–H and O–H groups in total. The van der Waals surface area contributed by atoms with Gasteiger partial charge in [-0.05, 0) is 24.3 Å². The zero-order chi connectivity index (χ0) is 14.8. The van der Waals surface area contributed by atoms with Gasteiger partial charge in [0, 0.05) is 0 Å². The van der Waals surface area contributed by atoms with Gasteiger partial charge in [-0.3, -0.25) is 9.59 Å². The fourth-order valence-corrected chi connectivity index (χ4v) is 3.15. The fraction of sp³-hybridized carbons (Fsp3) is 0.200. The summed E-state index contributed by atoms with van der Waals surface area (Å²) in [6, 6.07) is 10.6. The summed E-state index contributed by atoms with van der Waals surface area (Å²) in [7, 11) is 0. The Morgan fingerprint density at radius 3 is 2.86 bits per heavy atom. The number of rotatable bonds is 3. The molecule has 2 aromatic rings. The van der Waals surface area contributed by atoms with Crippen LogP contribution in [0.4, 0.5) is 5.69 Å². The van der Waals surface area contributed by atoms with Crippen LogP contribution in [0.15, 0.2) is 36.4 Å². The first kappa shape index (κ1) is 14.1. The molecule has 2 heterocycles. The molecular weight excluding hydrogens is 310 g/mol. The number of ketones is 1. The lowest BCUT2D eigenvalue weighted by atomic mass is 10.2. The van der Waals surface area contributed by atoms with Gasteiger partial charge in [-0.25, -0.2) is 0 Å². The number of benzene rings is 1. The van der Waals surface area contributed by atoms with E-state index in [1.165, 1.54) is 16.2 Å². The number of Topliss-reactive ketones (excluding diaryl/α,β-unsaturated/α-hetero) is 1. The molecule has 6 heteroatoms. The Balaban J connectivity index is 1.89. The highest BCUT2D eigenvalue weighted by Crippen LogP contribution is 2.31. The first-order valence-corrected chi connectivity index (χ1v) is 7.65. The third-order valence-electron chi connectivity index (χ3n) is 3.18. The molecule has 0 bridgehead atoms. The maximum atomic E-state index is 12.3. The van der Waals surface area contributed by atoms with E-state index in [0.717, 1.165) is 0 Å². The van der Waals surface area contributed by atoms with E-state index < -0.39 is 0 Å². The Bertz CT molecular complexity index is 698. The number of ether oxygens (including phenoxy) is 1. The smallest absolute Gasteiger partial charge is 0.230 e. The van der Waals surface area contributed by atoms with Gasteiger partial charge in [0.05, 0.1) is 34.5 Å². The molecule has 0 saturated carbocycles. The Morgan fingerprint density at radius 2 is 2.10 bits per heavy atom. The van der Waals surface area contributed by atoms with Crippen molar-refractivity contribution in [2.45, 2.75) is 6.42 Å². The standard InChI is InChI=1S/C15H12ClNO3S/c16-14-6-5-13(21-14)11(18)9-17-10-3-1-2-4-12(10)20-8-7-15(17)19/h1-6H,7-9H2. The highest BCUT2D eigenvalue weighted by atomic mass is 35.5. The number of carbonyl (C=O) groups is 2. The van der Waals surface area contributed by atoms with Crippen molar-refractivity contribution in [2.75, 3.05) is 18.1 Å². The van der Waals surface area contributed by atoms with Crippen molar-refractivity contribution in [2.24, 2.45) is 0 Å². The van der Waals surface area contributed by atoms with Crippen LogP contribution in [0.25, 0.3) is 0 Å². The molecule has 1 aromatic heterocycles. The van der Waals surface area contributed by atoms with Gasteiger partial charge < -0.3 is 9.64 Å². The third-order valence-corrected chi connectivity index (χ3v) is 4.45. The summed E-state index contributed by atoms with van der Waals surface area (Å²) >= 11 is 7.07. The fourth-order valence-electron chi connectivity index (χ4n) is 2.18. The van der Waals surface area contributed by atoms with E-state index >= 15 is 0 Å². The lowest BCUT2D eigenvalue weighted by Gasteiger charge is -2.20. The zero-order valence-corrected chi connectivity index (χ0v) is 12.6. The van der Waals surface area contributed by atoms with Crippen molar-refractivity contribution in [3.8, 4) is 5.75 Å². The van der Waals surface area contributed by atoms with Crippen LogP contribution in [0.2, 0.25) is 4.34 Å². The van der Waals surface area contributed by atoms with Gasteiger partial charge in [0.1, 0.15) is 5.75 Å². The van der Waals surface area contributed by atoms with Crippen LogP contribution in [-0.2, 0) is 4.79 Å². The number of fused-ring (bicyclic) bond motifs is 1. The van der Waals surface area contributed by atoms with Crippen molar-refractivity contribution >= 4 is 40.3 Å². The lowest BCUT2D eigenvalue weighted by molar-refractivity contribution is -0.118. The van der Waals surface area contributed by atoms with Crippen LogP contribution in [0, 0.1) is 0 Å². The minimum Gasteiger partial charge on any atom is -0.491 e. The molecule has 0 saturated heterocycles. The first-order chi connectivity index (χ1) is 10.1. The second-order valence-electron chi connectivity index (χ2n) is 4.57. The summed E-state index contributed by atoms with van der Waals surface area (Å²) in [5.41, 5.74) is 0.635. The van der Waals surface area contributed by atoms with Gasteiger partial charge in [-0.15, -0.1) is 11.3 Å². The second-order valence-corrected chi connectivity index (χ2v) is 6.29. The highest BCUT2D eigenvalue weighted by molar-refractivity contribution is 7.18. The summed E-state index contributed by atoms with van der Waals surface area (Å²) in [6.45, 7) is 0.321. The minimum absolute atomic E-state index is 0.00392. The number of carbonyl (C=O) groups excluding carboxylic acids is 2. The number of hydrogen-bond donors (Lipinski definition) is 0. The molecule has 0 radical (unpaired) electrons. The van der Waals surface area contributed by atoms with Gasteiger partial charge >= 0.3 is 0 Å². The van der Waals surface area contributed by atoms with Crippen LogP contribution in [0.3, 0.4) is 0 Å². The van der Waals surface area contributed by atoms with Gasteiger partial charge in [-0.1, -0.05) is 23.7 Å². The van der Waals surface area contributed by atoms with E-state index in [4.69, 9.17) is 16.3 Å². The topological polar surface area (TPSA) is 46.6 Å². The molecule has 1 amide bonds. The lowest BCUT2D eigenvalue weighted by Crippen LogP contribution is -2.35. The minimum atomic E-state index is -0.128. The summed E-state index contributed by atoms with van der Waals surface area (Å²) < 4.78 is 6.11. The number of nitrogens with zero attached hydrogens (tertiary/aromatic N) is 1. The summed E-state index contributed by atoms with van der Waals surface area (Å²) in [5, 5.41) is 0. The number of para-hydroxylation sites is 2. The van der Waals surface area contributed by atoms with Crippen LogP contribution < -0.4 is 9.64 Å². The molecular formula is C15H12ClNO3S. The quantitative estimate of drug-likeness (QED) is 0.814. The molecule has 4 nitrogen and oxygen atoms in total. The number of thiophene rings is 1. The SMILES string of the molecule is O=C(CN1C(=O)CCOc2ccccc21)c1ccc(Cl)s1. The Morgan fingerprint density at radius 1 is 1.29 bits per heavy atom. The monoisotopic (exact) mass is 321 g/mol. The average molecular weight is 322 g/mol. The van der Waals surface area contributed by atoms with E-state index in [9.17, 15) is 9.59 Å². The van der Waals surface area contributed by atoms with Crippen LogP contribution in [0.1, 0.15) is 16.1 Å². The maximum Gasteiger partial charge on any atom is 0.230 e. The van der Waals surface area contributed by atoms with Crippen molar-refractivity contribution in [3.63, 3.8) is 0 Å². The van der Waals surface area contributed by atoms with Gasteiger partial charge in [0.15, 0.2) is 5.78 Å². The van der Waals surface area contributed by atoms with E-state index in [-0.39, 0.29) is 24.7 Å². The largest absolute Gasteiger partial charge is 0.491 e. The van der Waals surface area contributed by atoms with E-state index in [1.807, 2.05) is 12.1 Å². The zero-order valence-electron chi connectivity index (χ0n) is 11.0. The van der Waals surface area contributed by atoms with E-state index in [2.05, 4.69) is 0 Å². The second kappa shape index (κ2) is 5.87. The first-order valence-electron chi connectivity index (χ1n) is 6.46. The molecule has 108 valence electrons. The van der Waals surface area contributed by atoms with Crippen molar-refractivity contribution in [1.82, 2.24) is 0 Å². The molecule has 1 aliphatic heterocycles. The molecule has 21 heavy (non-hydrogen) atoms. The van der Waals surface area contributed by atoms with Crippen LogP contribution in [0.5, 0.6) is 5.75 Å². The van der Waals surface area contributed by atoms with Crippen LogP contribution >= 0.6 is 22.9 Å². The molecule has 0 fully saturated rings. The molecule has 0 atom stereocenters. The number of hydrogen-bond acceptors (Lipinski definition) is 4. The van der Waals surface area contributed by atoms with Gasteiger partial charge in [-0.2, -0.15) is 0 Å². The van der Waals surface area contributed by atoms with Crippen LogP contribution in [-0.4, -0.2) is 24.8 Å². The molecule has 0 aliphatic carbocycles. The average Bonchev–Trinajstić information content (AvgIpc) is 2.85. The maximum absolute atomic E-state index is 12.3. The van der Waals surface area contributed by atoms with Crippen molar-refractivity contribution in [1.29, 1.82) is 0 Å². The van der Waals surface area contributed by atoms with Gasteiger partial charge in [0.25, 0.3) is 0 Å². The summed E-state index contributed by atoms with van der Waals surface area (Å²) in [5.74, 6) is 0.383. The molecule has 1 aliphatic rings. The number of anilines is 1. The van der Waals surface area contributed by atoms with Crippen molar-refractivity contribution < 1.29 is 14.3 Å². The third kappa shape index (κ3) is 2.94. The normalized spacial score (nSPS) is 14.3.